The highest BCUT2D eigenvalue weighted by Gasteiger charge is 2.47. The van der Waals surface area contributed by atoms with Crippen molar-refractivity contribution in [2.24, 2.45) is 11.8 Å². The van der Waals surface area contributed by atoms with Gasteiger partial charge >= 0.3 is 0 Å². The molecule has 20 heavy (non-hydrogen) atoms. The molecule has 1 aliphatic carbocycles. The average Bonchev–Trinajstić information content (AvgIpc) is 2.87. The zero-order valence-corrected chi connectivity index (χ0v) is 12.5. The van der Waals surface area contributed by atoms with Crippen LogP contribution in [0.5, 0.6) is 0 Å². The fourth-order valence-corrected chi connectivity index (χ4v) is 3.70. The molecule has 1 aromatic rings. The van der Waals surface area contributed by atoms with E-state index in [0.717, 1.165) is 30.8 Å². The Bertz CT molecular complexity index is 537. The number of carbonyl (C=O) groups is 1. The standard InChI is InChI=1S/C15H23N3O2/c1-4-12-9(2)16-18(10(12)3)8-15(20)17-6-11-5-14(19)13(11)7-17/h11,13-14,19H,4-8H2,1-3H3/t11-,13+,14-/m0/s1. The molecule has 0 radical (unpaired) electrons. The molecular formula is C15H23N3O2. The second-order valence-corrected chi connectivity index (χ2v) is 6.19. The fourth-order valence-electron chi connectivity index (χ4n) is 3.70. The Kier molecular flexibility index (Phi) is 3.32. The third kappa shape index (κ3) is 2.04. The fraction of sp³-hybridized carbons (Fsp3) is 0.733. The van der Waals surface area contributed by atoms with Gasteiger partial charge in [0.1, 0.15) is 6.54 Å². The molecule has 1 amide bonds. The average molecular weight is 277 g/mol. The summed E-state index contributed by atoms with van der Waals surface area (Å²) < 4.78 is 1.83. The molecular weight excluding hydrogens is 254 g/mol. The maximum Gasteiger partial charge on any atom is 0.244 e. The van der Waals surface area contributed by atoms with Crippen LogP contribution in [0.2, 0.25) is 0 Å². The predicted octanol–water partition coefficient (Wildman–Crippen LogP) is 0.902. The van der Waals surface area contributed by atoms with E-state index < -0.39 is 0 Å². The van der Waals surface area contributed by atoms with Gasteiger partial charge < -0.3 is 10.0 Å². The lowest BCUT2D eigenvalue weighted by atomic mass is 9.74. The number of carbonyl (C=O) groups excluding carboxylic acids is 1. The van der Waals surface area contributed by atoms with E-state index in [9.17, 15) is 9.90 Å². The third-order valence-corrected chi connectivity index (χ3v) is 5.05. The van der Waals surface area contributed by atoms with Gasteiger partial charge in [0.25, 0.3) is 0 Å². The van der Waals surface area contributed by atoms with E-state index in [4.69, 9.17) is 0 Å². The van der Waals surface area contributed by atoms with Crippen molar-refractivity contribution in [2.75, 3.05) is 13.1 Å². The minimum absolute atomic E-state index is 0.125. The highest BCUT2D eigenvalue weighted by Crippen LogP contribution is 2.40. The SMILES string of the molecule is CCc1c(C)nn(CC(=O)N2C[C@@H]3C[C@H](O)[C@@H]3C2)c1C. The molecule has 5 heteroatoms. The predicted molar refractivity (Wildman–Crippen MR) is 75.3 cm³/mol. The number of likely N-dealkylation sites (tertiary alicyclic amines) is 1. The smallest absolute Gasteiger partial charge is 0.244 e. The van der Waals surface area contributed by atoms with E-state index in [1.165, 1.54) is 5.56 Å². The van der Waals surface area contributed by atoms with E-state index in [-0.39, 0.29) is 12.0 Å². The van der Waals surface area contributed by atoms with Crippen LogP contribution in [-0.4, -0.2) is 44.9 Å². The molecule has 0 aromatic carbocycles. The molecule has 110 valence electrons. The van der Waals surface area contributed by atoms with Crippen LogP contribution >= 0.6 is 0 Å². The Balaban J connectivity index is 1.68. The van der Waals surface area contributed by atoms with Crippen molar-refractivity contribution in [1.29, 1.82) is 0 Å². The molecule has 5 nitrogen and oxygen atoms in total. The van der Waals surface area contributed by atoms with Crippen molar-refractivity contribution in [3.8, 4) is 0 Å². The topological polar surface area (TPSA) is 58.4 Å². The van der Waals surface area contributed by atoms with Gasteiger partial charge in [-0.05, 0) is 38.2 Å². The molecule has 1 N–H and O–H groups in total. The van der Waals surface area contributed by atoms with Crippen molar-refractivity contribution < 1.29 is 9.90 Å². The highest BCUT2D eigenvalue weighted by molar-refractivity contribution is 5.76. The van der Waals surface area contributed by atoms with Gasteiger partial charge in [-0.15, -0.1) is 0 Å². The van der Waals surface area contributed by atoms with E-state index in [1.54, 1.807) is 0 Å². The van der Waals surface area contributed by atoms with Crippen LogP contribution in [0.4, 0.5) is 0 Å². The van der Waals surface area contributed by atoms with Crippen LogP contribution in [0.3, 0.4) is 0 Å². The van der Waals surface area contributed by atoms with Crippen molar-refractivity contribution in [3.05, 3.63) is 17.0 Å². The first-order chi connectivity index (χ1) is 9.51. The third-order valence-electron chi connectivity index (χ3n) is 5.05. The molecule has 0 spiro atoms. The Morgan fingerprint density at radius 2 is 2.15 bits per heavy atom. The number of aliphatic hydroxyl groups excluding tert-OH is 1. The van der Waals surface area contributed by atoms with E-state index in [2.05, 4.69) is 12.0 Å². The van der Waals surface area contributed by atoms with Gasteiger partial charge in [-0.3, -0.25) is 9.48 Å². The summed E-state index contributed by atoms with van der Waals surface area (Å²) in [4.78, 5) is 14.3. The van der Waals surface area contributed by atoms with Crippen LogP contribution in [-0.2, 0) is 17.8 Å². The molecule has 1 saturated heterocycles. The van der Waals surface area contributed by atoms with Crippen molar-refractivity contribution in [3.63, 3.8) is 0 Å². The quantitative estimate of drug-likeness (QED) is 0.893. The van der Waals surface area contributed by atoms with E-state index in [1.807, 2.05) is 23.4 Å². The zero-order chi connectivity index (χ0) is 14.4. The Hall–Kier alpha value is -1.36. The minimum Gasteiger partial charge on any atom is -0.393 e. The Morgan fingerprint density at radius 3 is 2.70 bits per heavy atom. The summed E-state index contributed by atoms with van der Waals surface area (Å²) in [6, 6.07) is 0. The Labute approximate surface area is 119 Å². The summed E-state index contributed by atoms with van der Waals surface area (Å²) in [5.74, 6) is 0.950. The molecule has 0 unspecified atom stereocenters. The zero-order valence-electron chi connectivity index (χ0n) is 12.5. The van der Waals surface area contributed by atoms with Crippen molar-refractivity contribution >= 4 is 5.91 Å². The summed E-state index contributed by atoms with van der Waals surface area (Å²) in [7, 11) is 0. The molecule has 2 heterocycles. The van der Waals surface area contributed by atoms with Gasteiger partial charge in [-0.25, -0.2) is 0 Å². The molecule has 3 atom stereocenters. The monoisotopic (exact) mass is 277 g/mol. The van der Waals surface area contributed by atoms with Crippen LogP contribution in [0.25, 0.3) is 0 Å². The van der Waals surface area contributed by atoms with Crippen LogP contribution in [0, 0.1) is 25.7 Å². The lowest BCUT2D eigenvalue weighted by Gasteiger charge is -2.34. The number of hydrogen-bond donors (Lipinski definition) is 1. The van der Waals surface area contributed by atoms with E-state index >= 15 is 0 Å². The number of aromatic nitrogens is 2. The van der Waals surface area contributed by atoms with Gasteiger partial charge in [-0.2, -0.15) is 5.10 Å². The van der Waals surface area contributed by atoms with Gasteiger partial charge in [-0.1, -0.05) is 6.92 Å². The summed E-state index contributed by atoms with van der Waals surface area (Å²) in [5.41, 5.74) is 3.37. The first-order valence-electron chi connectivity index (χ1n) is 7.50. The normalized spacial score (nSPS) is 28.4. The molecule has 1 aliphatic heterocycles. The van der Waals surface area contributed by atoms with E-state index in [0.29, 0.717) is 24.9 Å². The van der Waals surface area contributed by atoms with Crippen molar-refractivity contribution in [1.82, 2.24) is 14.7 Å². The molecule has 0 bridgehead atoms. The van der Waals surface area contributed by atoms with Crippen LogP contribution < -0.4 is 0 Å². The van der Waals surface area contributed by atoms with Gasteiger partial charge in [0.2, 0.25) is 5.91 Å². The van der Waals surface area contributed by atoms with Gasteiger partial charge in [0, 0.05) is 24.7 Å². The lowest BCUT2D eigenvalue weighted by Crippen LogP contribution is -2.40. The molecule has 2 fully saturated rings. The van der Waals surface area contributed by atoms with Gasteiger partial charge in [0.05, 0.1) is 11.8 Å². The van der Waals surface area contributed by atoms with Crippen LogP contribution in [0.1, 0.15) is 30.3 Å². The molecule has 3 rings (SSSR count). The second kappa shape index (κ2) is 4.88. The summed E-state index contributed by atoms with van der Waals surface area (Å²) in [6.07, 6.45) is 1.61. The number of rotatable bonds is 3. The number of aliphatic hydroxyl groups is 1. The molecule has 1 saturated carbocycles. The largest absolute Gasteiger partial charge is 0.393 e. The minimum atomic E-state index is -0.196. The first kappa shape index (κ1) is 13.6. The number of amides is 1. The number of fused-ring (bicyclic) bond motifs is 1. The highest BCUT2D eigenvalue weighted by atomic mass is 16.3. The van der Waals surface area contributed by atoms with Crippen molar-refractivity contribution in [2.45, 2.75) is 46.3 Å². The number of nitrogens with zero attached hydrogens (tertiary/aromatic N) is 3. The lowest BCUT2D eigenvalue weighted by molar-refractivity contribution is -0.131. The molecule has 1 aromatic heterocycles. The maximum atomic E-state index is 12.4. The summed E-state index contributed by atoms with van der Waals surface area (Å²) in [6.45, 7) is 7.98. The number of aryl methyl sites for hydroxylation is 1. The first-order valence-corrected chi connectivity index (χ1v) is 7.50. The molecule has 2 aliphatic rings. The number of hydrogen-bond acceptors (Lipinski definition) is 3. The Morgan fingerprint density at radius 1 is 1.40 bits per heavy atom. The summed E-state index contributed by atoms with van der Waals surface area (Å²) >= 11 is 0. The van der Waals surface area contributed by atoms with Crippen LogP contribution in [0.15, 0.2) is 0 Å². The maximum absolute atomic E-state index is 12.4. The second-order valence-electron chi connectivity index (χ2n) is 6.19. The van der Waals surface area contributed by atoms with Gasteiger partial charge in [0.15, 0.2) is 0 Å². The summed E-state index contributed by atoms with van der Waals surface area (Å²) in [5, 5.41) is 14.1.